The van der Waals surface area contributed by atoms with Gasteiger partial charge >= 0.3 is 17.2 Å². The topological polar surface area (TPSA) is 82.1 Å². The van der Waals surface area contributed by atoms with Crippen molar-refractivity contribution in [2.24, 2.45) is 17.3 Å². The van der Waals surface area contributed by atoms with Crippen molar-refractivity contribution in [2.45, 2.75) is 55.0 Å². The molecule has 0 aromatic carbocycles. The molecule has 1 spiro atoms. The molecule has 0 radical (unpaired) electrons. The number of fused-ring (bicyclic) bond motifs is 2. The summed E-state index contributed by atoms with van der Waals surface area (Å²) < 4.78 is 40.0. The lowest BCUT2D eigenvalue weighted by Gasteiger charge is -2.49. The van der Waals surface area contributed by atoms with Crippen molar-refractivity contribution in [1.82, 2.24) is 0 Å². The second kappa shape index (κ2) is 5.78. The summed E-state index contributed by atoms with van der Waals surface area (Å²) in [6, 6.07) is 0. The quantitative estimate of drug-likeness (QED) is 0.390. The molecule has 26 heavy (non-hydrogen) atoms. The second-order valence-electron chi connectivity index (χ2n) is 8.39. The van der Waals surface area contributed by atoms with Crippen molar-refractivity contribution in [3.63, 3.8) is 0 Å². The Hall–Kier alpha value is -0.930. The van der Waals surface area contributed by atoms with Gasteiger partial charge in [-0.3, -0.25) is 0 Å². The normalized spacial score (nSPS) is 42.3. The van der Waals surface area contributed by atoms with Crippen LogP contribution in [0.25, 0.3) is 0 Å². The average molecular weight is 392 g/mol. The first-order chi connectivity index (χ1) is 12.1. The number of halogens is 2. The number of thiol groups is 1. The van der Waals surface area contributed by atoms with Crippen LogP contribution in [-0.2, 0) is 23.8 Å². The molecule has 3 bridgehead atoms. The van der Waals surface area contributed by atoms with Gasteiger partial charge in [-0.1, -0.05) is 12.6 Å². The highest BCUT2D eigenvalue weighted by Gasteiger charge is 2.75. The number of rotatable bonds is 7. The lowest BCUT2D eigenvalue weighted by molar-refractivity contribution is -0.170. The standard InChI is InChI=1S/C17H22F2O6S/c18-17(19,26)13(21)24-6-12(20)23-1-2-25-15-5-11-3-10-4-14(22,7-15)8-16(10,11)9-15/h10-11,22,26H,1-9H2. The highest BCUT2D eigenvalue weighted by molar-refractivity contribution is 7.82. The summed E-state index contributed by atoms with van der Waals surface area (Å²) in [7, 11) is 0. The second-order valence-corrected chi connectivity index (χ2v) is 8.96. The molecule has 0 aromatic heterocycles. The van der Waals surface area contributed by atoms with E-state index < -0.39 is 29.4 Å². The van der Waals surface area contributed by atoms with E-state index in [2.05, 4.69) is 17.4 Å². The Morgan fingerprint density at radius 3 is 2.58 bits per heavy atom. The van der Waals surface area contributed by atoms with Crippen molar-refractivity contribution in [1.29, 1.82) is 0 Å². The van der Waals surface area contributed by atoms with Crippen LogP contribution in [0.2, 0.25) is 0 Å². The Kier molecular flexibility index (Phi) is 4.10. The predicted octanol–water partition coefficient (Wildman–Crippen LogP) is 1.70. The third-order valence-corrected chi connectivity index (χ3v) is 6.90. The van der Waals surface area contributed by atoms with E-state index in [4.69, 9.17) is 9.47 Å². The zero-order chi connectivity index (χ0) is 18.8. The van der Waals surface area contributed by atoms with Gasteiger partial charge < -0.3 is 19.3 Å². The fraction of sp³-hybridized carbons (Fsp3) is 0.882. The lowest BCUT2D eigenvalue weighted by atomic mass is 9.56. The maximum Gasteiger partial charge on any atom is 0.388 e. The third kappa shape index (κ3) is 2.92. The summed E-state index contributed by atoms with van der Waals surface area (Å²) in [4.78, 5) is 22.3. The highest BCUT2D eigenvalue weighted by atomic mass is 32.1. The number of hydrogen-bond acceptors (Lipinski definition) is 7. The summed E-state index contributed by atoms with van der Waals surface area (Å²) >= 11 is 2.76. The van der Waals surface area contributed by atoms with Crippen molar-refractivity contribution >= 4 is 24.6 Å². The number of carbonyl (C=O) groups is 2. The lowest BCUT2D eigenvalue weighted by Crippen LogP contribution is -2.46. The number of ether oxygens (including phenoxy) is 3. The molecular weight excluding hydrogens is 370 g/mol. The largest absolute Gasteiger partial charge is 0.461 e. The maximum absolute atomic E-state index is 12.5. The van der Waals surface area contributed by atoms with Crippen LogP contribution in [-0.4, -0.2) is 53.3 Å². The summed E-state index contributed by atoms with van der Waals surface area (Å²) in [5.74, 6) is -1.59. The molecule has 0 heterocycles. The molecule has 1 N–H and O–H groups in total. The monoisotopic (exact) mass is 392 g/mol. The molecule has 9 heteroatoms. The molecule has 5 atom stereocenters. The highest BCUT2D eigenvalue weighted by Crippen LogP contribution is 2.77. The van der Waals surface area contributed by atoms with Gasteiger partial charge in [-0.25, -0.2) is 9.59 Å². The molecule has 146 valence electrons. The number of esters is 2. The van der Waals surface area contributed by atoms with E-state index in [1.807, 2.05) is 0 Å². The molecule has 5 unspecified atom stereocenters. The van der Waals surface area contributed by atoms with E-state index in [9.17, 15) is 23.5 Å². The van der Waals surface area contributed by atoms with Crippen molar-refractivity contribution in [3.8, 4) is 0 Å². The molecule has 0 aromatic rings. The minimum absolute atomic E-state index is 0.0606. The van der Waals surface area contributed by atoms with E-state index in [0.717, 1.165) is 25.7 Å². The van der Waals surface area contributed by atoms with Crippen molar-refractivity contribution in [3.05, 3.63) is 0 Å². The number of alkyl halides is 2. The molecule has 4 rings (SSSR count). The van der Waals surface area contributed by atoms with Gasteiger partial charge in [-0.2, -0.15) is 8.78 Å². The van der Waals surface area contributed by atoms with Gasteiger partial charge in [0.05, 0.1) is 17.8 Å². The van der Waals surface area contributed by atoms with Gasteiger partial charge in [0.15, 0.2) is 6.61 Å². The molecule has 4 aliphatic rings. The summed E-state index contributed by atoms with van der Waals surface area (Å²) in [6.07, 6.45) is 5.44. The zero-order valence-electron chi connectivity index (χ0n) is 14.2. The fourth-order valence-corrected chi connectivity index (χ4v) is 6.22. The Balaban J connectivity index is 1.21. The predicted molar refractivity (Wildman–Crippen MR) is 86.6 cm³/mol. The van der Waals surface area contributed by atoms with Gasteiger partial charge in [0.25, 0.3) is 0 Å². The minimum atomic E-state index is -3.94. The van der Waals surface area contributed by atoms with Crippen LogP contribution in [0.1, 0.15) is 38.5 Å². The van der Waals surface area contributed by atoms with Crippen LogP contribution < -0.4 is 0 Å². The van der Waals surface area contributed by atoms with Crippen LogP contribution in [0.4, 0.5) is 8.78 Å². The van der Waals surface area contributed by atoms with E-state index in [-0.39, 0.29) is 24.2 Å². The Bertz CT molecular complexity index is 635. The van der Waals surface area contributed by atoms with Crippen molar-refractivity contribution in [2.75, 3.05) is 19.8 Å². The summed E-state index contributed by atoms with van der Waals surface area (Å²) in [6.45, 7) is -0.798. The molecule has 0 amide bonds. The Labute approximate surface area is 154 Å². The molecule has 4 fully saturated rings. The first-order valence-electron chi connectivity index (χ1n) is 8.85. The molecule has 4 aliphatic carbocycles. The van der Waals surface area contributed by atoms with Crippen LogP contribution in [0.3, 0.4) is 0 Å². The molecule has 0 aliphatic heterocycles. The van der Waals surface area contributed by atoms with Gasteiger partial charge in [-0.05, 0) is 49.4 Å². The number of carbonyl (C=O) groups excluding carboxylic acids is 2. The number of hydrogen-bond donors (Lipinski definition) is 2. The summed E-state index contributed by atoms with van der Waals surface area (Å²) in [5, 5.41) is 6.87. The zero-order valence-corrected chi connectivity index (χ0v) is 15.1. The van der Waals surface area contributed by atoms with Gasteiger partial charge in [0, 0.05) is 6.42 Å². The third-order valence-electron chi connectivity index (χ3n) is 6.72. The van der Waals surface area contributed by atoms with Crippen molar-refractivity contribution < 1.29 is 37.7 Å². The molecule has 0 saturated heterocycles. The maximum atomic E-state index is 12.5. The van der Waals surface area contributed by atoms with E-state index in [0.29, 0.717) is 18.3 Å². The van der Waals surface area contributed by atoms with E-state index >= 15 is 0 Å². The Morgan fingerprint density at radius 2 is 1.85 bits per heavy atom. The molecular formula is C17H22F2O6S. The van der Waals surface area contributed by atoms with Crippen LogP contribution in [0.15, 0.2) is 0 Å². The molecule has 4 saturated carbocycles. The smallest absolute Gasteiger partial charge is 0.388 e. The average Bonchev–Trinajstić information content (AvgIpc) is 2.81. The SMILES string of the molecule is O=C(COC(=O)C(F)(F)S)OCCOC12CC3CC4CC(O)(C1)CC43C2. The summed E-state index contributed by atoms with van der Waals surface area (Å²) in [5.41, 5.74) is -0.733. The van der Waals surface area contributed by atoms with Gasteiger partial charge in [0.1, 0.15) is 6.61 Å². The van der Waals surface area contributed by atoms with Crippen LogP contribution in [0, 0.1) is 17.3 Å². The molecule has 6 nitrogen and oxygen atoms in total. The minimum Gasteiger partial charge on any atom is -0.461 e. The van der Waals surface area contributed by atoms with Crippen LogP contribution >= 0.6 is 12.6 Å². The van der Waals surface area contributed by atoms with E-state index in [1.54, 1.807) is 0 Å². The first-order valence-corrected chi connectivity index (χ1v) is 9.30. The van der Waals surface area contributed by atoms with Gasteiger partial charge in [-0.15, -0.1) is 0 Å². The fourth-order valence-electron chi connectivity index (χ4n) is 6.16. The Morgan fingerprint density at radius 1 is 1.12 bits per heavy atom. The van der Waals surface area contributed by atoms with Gasteiger partial charge in [0.2, 0.25) is 0 Å². The van der Waals surface area contributed by atoms with E-state index in [1.165, 1.54) is 6.42 Å². The number of aliphatic hydroxyl groups is 1. The first kappa shape index (κ1) is 18.4. The van der Waals surface area contributed by atoms with Crippen LogP contribution in [0.5, 0.6) is 0 Å².